The van der Waals surface area contributed by atoms with Crippen molar-refractivity contribution in [1.29, 1.82) is 0 Å². The average Bonchev–Trinajstić information content (AvgIpc) is 2.55. The number of hydrogen-bond acceptors (Lipinski definition) is 5. The molecule has 126 valence electrons. The van der Waals surface area contributed by atoms with E-state index in [1.807, 2.05) is 0 Å². The van der Waals surface area contributed by atoms with Crippen molar-refractivity contribution in [3.8, 4) is 11.5 Å². The molecule has 0 saturated carbocycles. The topological polar surface area (TPSA) is 93.7 Å². The summed E-state index contributed by atoms with van der Waals surface area (Å²) >= 11 is 0. The van der Waals surface area contributed by atoms with E-state index in [-0.39, 0.29) is 23.1 Å². The SMILES string of the molecule is COc1ccc(S(=O)(=O)Nc2cccc3c2NC(=O)CO3)cc1C. The number of ether oxygens (including phenoxy) is 2. The van der Waals surface area contributed by atoms with Crippen LogP contribution in [-0.2, 0) is 14.8 Å². The molecule has 7 nitrogen and oxygen atoms in total. The second-order valence-electron chi connectivity index (χ2n) is 5.25. The molecule has 24 heavy (non-hydrogen) atoms. The van der Waals surface area contributed by atoms with E-state index in [4.69, 9.17) is 9.47 Å². The van der Waals surface area contributed by atoms with Crippen molar-refractivity contribution in [2.75, 3.05) is 23.8 Å². The summed E-state index contributed by atoms with van der Waals surface area (Å²) in [4.78, 5) is 11.6. The number of amides is 1. The molecule has 0 fully saturated rings. The summed E-state index contributed by atoms with van der Waals surface area (Å²) in [5.41, 5.74) is 1.25. The Hall–Kier alpha value is -2.74. The van der Waals surface area contributed by atoms with Crippen molar-refractivity contribution >= 4 is 27.3 Å². The first-order valence-corrected chi connectivity index (χ1v) is 8.62. The van der Waals surface area contributed by atoms with Gasteiger partial charge in [-0.2, -0.15) is 0 Å². The summed E-state index contributed by atoms with van der Waals surface area (Å²) < 4.78 is 38.1. The van der Waals surface area contributed by atoms with E-state index in [0.29, 0.717) is 22.7 Å². The highest BCUT2D eigenvalue weighted by Gasteiger charge is 2.23. The van der Waals surface area contributed by atoms with Gasteiger partial charge in [0.2, 0.25) is 0 Å². The van der Waals surface area contributed by atoms with Crippen LogP contribution in [0.4, 0.5) is 11.4 Å². The second kappa shape index (κ2) is 6.04. The lowest BCUT2D eigenvalue weighted by molar-refractivity contribution is -0.118. The normalized spacial score (nSPS) is 13.5. The van der Waals surface area contributed by atoms with Gasteiger partial charge in [0.1, 0.15) is 17.2 Å². The van der Waals surface area contributed by atoms with Crippen molar-refractivity contribution in [2.24, 2.45) is 0 Å². The highest BCUT2D eigenvalue weighted by atomic mass is 32.2. The predicted molar refractivity (Wildman–Crippen MR) is 89.1 cm³/mol. The van der Waals surface area contributed by atoms with Gasteiger partial charge < -0.3 is 14.8 Å². The second-order valence-corrected chi connectivity index (χ2v) is 6.93. The van der Waals surface area contributed by atoms with E-state index < -0.39 is 10.0 Å². The summed E-state index contributed by atoms with van der Waals surface area (Å²) in [6.45, 7) is 1.66. The van der Waals surface area contributed by atoms with Crippen molar-refractivity contribution in [3.05, 3.63) is 42.0 Å². The largest absolute Gasteiger partial charge is 0.496 e. The first kappa shape index (κ1) is 16.1. The smallest absolute Gasteiger partial charge is 0.262 e. The van der Waals surface area contributed by atoms with Gasteiger partial charge in [-0.25, -0.2) is 8.42 Å². The molecule has 1 aliphatic rings. The Morgan fingerprint density at radius 2 is 2.04 bits per heavy atom. The Labute approximate surface area is 139 Å². The number of aryl methyl sites for hydroxylation is 1. The molecule has 1 heterocycles. The van der Waals surface area contributed by atoms with Gasteiger partial charge in [-0.3, -0.25) is 9.52 Å². The molecular formula is C16H16N2O5S. The molecule has 0 unspecified atom stereocenters. The molecule has 0 saturated heterocycles. The number of fused-ring (bicyclic) bond motifs is 1. The maximum Gasteiger partial charge on any atom is 0.262 e. The standard InChI is InChI=1S/C16H16N2O5S/c1-10-8-11(6-7-13(10)22-2)24(20,21)18-12-4-3-5-14-16(12)17-15(19)9-23-14/h3-8,18H,9H2,1-2H3,(H,17,19). The number of methoxy groups -OCH3 is 1. The Morgan fingerprint density at radius 1 is 1.25 bits per heavy atom. The summed E-state index contributed by atoms with van der Waals surface area (Å²) in [5, 5.41) is 2.62. The number of benzene rings is 2. The van der Waals surface area contributed by atoms with Gasteiger partial charge in [-0.15, -0.1) is 0 Å². The monoisotopic (exact) mass is 348 g/mol. The summed E-state index contributed by atoms with van der Waals surface area (Å²) in [7, 11) is -2.30. The van der Waals surface area contributed by atoms with Gasteiger partial charge in [0.25, 0.3) is 15.9 Å². The van der Waals surface area contributed by atoms with Crippen molar-refractivity contribution in [3.63, 3.8) is 0 Å². The van der Waals surface area contributed by atoms with Crippen LogP contribution in [0.5, 0.6) is 11.5 Å². The van der Waals surface area contributed by atoms with Crippen LogP contribution in [0.1, 0.15) is 5.56 Å². The summed E-state index contributed by atoms with van der Waals surface area (Å²) in [6.07, 6.45) is 0. The van der Waals surface area contributed by atoms with Crippen LogP contribution in [0.25, 0.3) is 0 Å². The zero-order valence-electron chi connectivity index (χ0n) is 13.1. The fourth-order valence-corrected chi connectivity index (χ4v) is 3.56. The lowest BCUT2D eigenvalue weighted by atomic mass is 10.2. The molecule has 0 spiro atoms. The van der Waals surface area contributed by atoms with E-state index in [9.17, 15) is 13.2 Å². The Balaban J connectivity index is 1.96. The van der Waals surface area contributed by atoms with Crippen LogP contribution >= 0.6 is 0 Å². The molecule has 1 aliphatic heterocycles. The molecule has 0 atom stereocenters. The van der Waals surface area contributed by atoms with Gasteiger partial charge in [0.15, 0.2) is 6.61 Å². The number of nitrogens with one attached hydrogen (secondary N) is 2. The van der Waals surface area contributed by atoms with E-state index in [1.165, 1.54) is 19.2 Å². The zero-order chi connectivity index (χ0) is 17.3. The minimum Gasteiger partial charge on any atom is -0.496 e. The third-order valence-corrected chi connectivity index (χ3v) is 4.93. The van der Waals surface area contributed by atoms with Crippen LogP contribution in [0.15, 0.2) is 41.3 Å². The highest BCUT2D eigenvalue weighted by Crippen LogP contribution is 2.36. The van der Waals surface area contributed by atoms with Gasteiger partial charge in [-0.1, -0.05) is 6.07 Å². The van der Waals surface area contributed by atoms with Crippen LogP contribution in [0.3, 0.4) is 0 Å². The van der Waals surface area contributed by atoms with Crippen LogP contribution in [0.2, 0.25) is 0 Å². The minimum atomic E-state index is -3.82. The van der Waals surface area contributed by atoms with Crippen molar-refractivity contribution in [1.82, 2.24) is 0 Å². The molecule has 8 heteroatoms. The van der Waals surface area contributed by atoms with Crippen LogP contribution in [-0.4, -0.2) is 28.0 Å². The van der Waals surface area contributed by atoms with Crippen molar-refractivity contribution in [2.45, 2.75) is 11.8 Å². The van der Waals surface area contributed by atoms with Gasteiger partial charge >= 0.3 is 0 Å². The Bertz CT molecular complexity index is 909. The maximum atomic E-state index is 12.6. The summed E-state index contributed by atoms with van der Waals surface area (Å²) in [6, 6.07) is 9.43. The number of rotatable bonds is 4. The van der Waals surface area contributed by atoms with E-state index in [1.54, 1.807) is 31.2 Å². The maximum absolute atomic E-state index is 12.6. The van der Waals surface area contributed by atoms with Crippen molar-refractivity contribution < 1.29 is 22.7 Å². The van der Waals surface area contributed by atoms with Crippen LogP contribution in [0, 0.1) is 6.92 Å². The molecule has 0 aromatic heterocycles. The highest BCUT2D eigenvalue weighted by molar-refractivity contribution is 7.92. The lowest BCUT2D eigenvalue weighted by Gasteiger charge is -2.21. The van der Waals surface area contributed by atoms with Gasteiger partial charge in [-0.05, 0) is 42.8 Å². The molecular weight excluding hydrogens is 332 g/mol. The molecule has 2 N–H and O–H groups in total. The third-order valence-electron chi connectivity index (χ3n) is 3.57. The molecule has 0 aliphatic carbocycles. The average molecular weight is 348 g/mol. The molecule has 3 rings (SSSR count). The molecule has 1 amide bonds. The van der Waals surface area contributed by atoms with E-state index >= 15 is 0 Å². The molecule has 0 radical (unpaired) electrons. The first-order valence-electron chi connectivity index (χ1n) is 7.14. The third kappa shape index (κ3) is 3.00. The Morgan fingerprint density at radius 3 is 2.75 bits per heavy atom. The molecule has 2 aromatic rings. The summed E-state index contributed by atoms with van der Waals surface area (Å²) in [5.74, 6) is 0.682. The molecule has 0 bridgehead atoms. The van der Waals surface area contributed by atoms with Gasteiger partial charge in [0.05, 0.1) is 17.7 Å². The number of sulfonamides is 1. The molecule has 2 aromatic carbocycles. The number of para-hydroxylation sites is 1. The fraction of sp³-hybridized carbons (Fsp3) is 0.188. The fourth-order valence-electron chi connectivity index (χ4n) is 2.41. The van der Waals surface area contributed by atoms with Crippen LogP contribution < -0.4 is 19.5 Å². The lowest BCUT2D eigenvalue weighted by Crippen LogP contribution is -2.26. The first-order chi connectivity index (χ1) is 11.4. The minimum absolute atomic E-state index is 0.0964. The van der Waals surface area contributed by atoms with E-state index in [0.717, 1.165) is 0 Å². The van der Waals surface area contributed by atoms with Gasteiger partial charge in [0, 0.05) is 0 Å². The number of anilines is 2. The number of carbonyl (C=O) groups excluding carboxylic acids is 1. The Kier molecular flexibility index (Phi) is 4.06. The van der Waals surface area contributed by atoms with E-state index in [2.05, 4.69) is 10.0 Å². The predicted octanol–water partition coefficient (Wildman–Crippen LogP) is 2.14. The quantitative estimate of drug-likeness (QED) is 0.883. The number of hydrogen-bond donors (Lipinski definition) is 2. The number of carbonyl (C=O) groups is 1. The zero-order valence-corrected chi connectivity index (χ0v) is 13.9.